The zero-order valence-corrected chi connectivity index (χ0v) is 11.1. The van der Waals surface area contributed by atoms with Crippen LogP contribution >= 0.6 is 12.6 Å². The average molecular weight is 261 g/mol. The molecule has 1 heterocycles. The van der Waals surface area contributed by atoms with Crippen molar-refractivity contribution in [1.29, 1.82) is 10.5 Å². The van der Waals surface area contributed by atoms with Gasteiger partial charge in [0, 0.05) is 5.41 Å². The van der Waals surface area contributed by atoms with E-state index in [1.807, 2.05) is 0 Å². The maximum absolute atomic E-state index is 11.9. The Labute approximate surface area is 112 Å². The maximum atomic E-state index is 11.9. The summed E-state index contributed by atoms with van der Waals surface area (Å²) >= 11 is 4.20. The van der Waals surface area contributed by atoms with E-state index in [-0.39, 0.29) is 5.91 Å². The van der Waals surface area contributed by atoms with E-state index in [0.717, 1.165) is 12.8 Å². The van der Waals surface area contributed by atoms with Crippen LogP contribution in [0.3, 0.4) is 0 Å². The van der Waals surface area contributed by atoms with Crippen LogP contribution in [0.2, 0.25) is 0 Å². The van der Waals surface area contributed by atoms with Gasteiger partial charge in [-0.3, -0.25) is 4.79 Å². The fourth-order valence-electron chi connectivity index (χ4n) is 3.04. The molecule has 1 N–H and O–H groups in total. The van der Waals surface area contributed by atoms with Crippen molar-refractivity contribution < 1.29 is 4.79 Å². The lowest BCUT2D eigenvalue weighted by Gasteiger charge is -2.44. The Morgan fingerprint density at radius 2 is 2.00 bits per heavy atom. The van der Waals surface area contributed by atoms with Gasteiger partial charge in [-0.05, 0) is 31.6 Å². The fraction of sp³-hybridized carbons (Fsp3) is 0.615. The van der Waals surface area contributed by atoms with E-state index < -0.39 is 11.3 Å². The lowest BCUT2D eigenvalue weighted by atomic mass is 9.59. The summed E-state index contributed by atoms with van der Waals surface area (Å²) in [5.41, 5.74) is -0.140. The van der Waals surface area contributed by atoms with Gasteiger partial charge in [0.1, 0.15) is 5.92 Å². The molecule has 0 aromatic heterocycles. The lowest BCUT2D eigenvalue weighted by molar-refractivity contribution is -0.127. The molecule has 0 aromatic carbocycles. The molecule has 1 atom stereocenters. The van der Waals surface area contributed by atoms with Crippen molar-refractivity contribution in [2.45, 2.75) is 32.6 Å². The Morgan fingerprint density at radius 3 is 2.50 bits per heavy atom. The molecule has 0 radical (unpaired) electrons. The van der Waals surface area contributed by atoms with Gasteiger partial charge in [-0.1, -0.05) is 6.92 Å². The predicted molar refractivity (Wildman–Crippen MR) is 68.9 cm³/mol. The molecule has 18 heavy (non-hydrogen) atoms. The first kappa shape index (κ1) is 13.0. The van der Waals surface area contributed by atoms with Gasteiger partial charge in [0.2, 0.25) is 5.91 Å². The highest BCUT2D eigenvalue weighted by Crippen LogP contribution is 2.52. The van der Waals surface area contributed by atoms with E-state index in [0.29, 0.717) is 29.4 Å². The third-order valence-corrected chi connectivity index (χ3v) is 4.53. The number of rotatable bonds is 0. The van der Waals surface area contributed by atoms with Gasteiger partial charge in [-0.2, -0.15) is 10.5 Å². The minimum atomic E-state index is -0.768. The first-order valence-electron chi connectivity index (χ1n) is 6.09. The van der Waals surface area contributed by atoms with Gasteiger partial charge < -0.3 is 5.32 Å². The van der Waals surface area contributed by atoms with Crippen LogP contribution in [-0.4, -0.2) is 5.91 Å². The van der Waals surface area contributed by atoms with Crippen molar-refractivity contribution in [2.24, 2.45) is 17.3 Å². The molecule has 1 unspecified atom stereocenters. The van der Waals surface area contributed by atoms with E-state index in [1.165, 1.54) is 0 Å². The SMILES string of the molecule is CC1CCC2(CC1)C(C#N)=C(S)NC(=O)C2C#N. The van der Waals surface area contributed by atoms with E-state index >= 15 is 0 Å². The van der Waals surface area contributed by atoms with Gasteiger partial charge in [-0.25, -0.2) is 0 Å². The number of hydrogen-bond donors (Lipinski definition) is 2. The first-order chi connectivity index (χ1) is 8.55. The van der Waals surface area contributed by atoms with E-state index in [4.69, 9.17) is 0 Å². The summed E-state index contributed by atoms with van der Waals surface area (Å²) < 4.78 is 0. The number of allylic oxidation sites excluding steroid dienone is 1. The predicted octanol–water partition coefficient (Wildman–Crippen LogP) is 2.12. The van der Waals surface area contributed by atoms with Crippen LogP contribution in [0.15, 0.2) is 10.6 Å². The van der Waals surface area contributed by atoms with Crippen molar-refractivity contribution in [3.63, 3.8) is 0 Å². The van der Waals surface area contributed by atoms with Crippen LogP contribution in [0.1, 0.15) is 32.6 Å². The van der Waals surface area contributed by atoms with Crippen molar-refractivity contribution in [3.8, 4) is 12.1 Å². The van der Waals surface area contributed by atoms with Gasteiger partial charge in [0.15, 0.2) is 0 Å². The topological polar surface area (TPSA) is 76.7 Å². The second kappa shape index (κ2) is 4.66. The Hall–Kier alpha value is -1.46. The molecule has 2 aliphatic rings. The number of hydrogen-bond acceptors (Lipinski definition) is 4. The molecule has 0 aromatic rings. The van der Waals surface area contributed by atoms with Crippen LogP contribution in [0.5, 0.6) is 0 Å². The van der Waals surface area contributed by atoms with Crippen molar-refractivity contribution in [2.75, 3.05) is 0 Å². The summed E-state index contributed by atoms with van der Waals surface area (Å²) in [5, 5.41) is 21.5. The van der Waals surface area contributed by atoms with Crippen LogP contribution in [-0.2, 0) is 4.79 Å². The summed E-state index contributed by atoms with van der Waals surface area (Å²) in [6.45, 7) is 2.16. The molecule has 1 saturated carbocycles. The quantitative estimate of drug-likeness (QED) is 0.656. The number of carbonyl (C=O) groups excluding carboxylic acids is 1. The lowest BCUT2D eigenvalue weighted by Crippen LogP contribution is -2.48. The summed E-state index contributed by atoms with van der Waals surface area (Å²) in [5.74, 6) is -0.505. The van der Waals surface area contributed by atoms with Gasteiger partial charge in [0.05, 0.1) is 22.7 Å². The van der Waals surface area contributed by atoms with Crippen molar-refractivity contribution >= 4 is 18.5 Å². The molecular weight excluding hydrogens is 246 g/mol. The fourth-order valence-corrected chi connectivity index (χ4v) is 3.43. The number of nitrogens with zero attached hydrogens (tertiary/aromatic N) is 2. The van der Waals surface area contributed by atoms with Crippen LogP contribution < -0.4 is 5.32 Å². The number of nitrogens with one attached hydrogen (secondary N) is 1. The summed E-state index contributed by atoms with van der Waals surface area (Å²) in [6, 6.07) is 4.23. The van der Waals surface area contributed by atoms with Gasteiger partial charge >= 0.3 is 0 Å². The van der Waals surface area contributed by atoms with E-state index in [9.17, 15) is 15.3 Å². The van der Waals surface area contributed by atoms with E-state index in [2.05, 4.69) is 37.0 Å². The largest absolute Gasteiger partial charge is 0.319 e. The summed E-state index contributed by atoms with van der Waals surface area (Å²) in [7, 11) is 0. The van der Waals surface area contributed by atoms with Crippen molar-refractivity contribution in [3.05, 3.63) is 10.6 Å². The molecule has 1 fully saturated rings. The molecule has 1 amide bonds. The Kier molecular flexibility index (Phi) is 3.36. The number of carbonyl (C=O) groups is 1. The minimum Gasteiger partial charge on any atom is -0.319 e. The molecule has 94 valence electrons. The molecule has 2 rings (SSSR count). The monoisotopic (exact) mass is 261 g/mol. The third kappa shape index (κ3) is 1.79. The molecule has 1 aliphatic heterocycles. The number of thiol groups is 1. The Bertz CT molecular complexity index is 489. The summed E-state index contributed by atoms with van der Waals surface area (Å²) in [4.78, 5) is 11.9. The highest BCUT2D eigenvalue weighted by molar-refractivity contribution is 7.84. The van der Waals surface area contributed by atoms with Crippen LogP contribution in [0, 0.1) is 39.9 Å². The smallest absolute Gasteiger partial charge is 0.243 e. The molecule has 4 nitrogen and oxygen atoms in total. The van der Waals surface area contributed by atoms with Crippen molar-refractivity contribution in [1.82, 2.24) is 5.32 Å². The normalized spacial score (nSPS) is 35.9. The van der Waals surface area contributed by atoms with Crippen LogP contribution in [0.4, 0.5) is 0 Å². The molecule has 5 heteroatoms. The Balaban J connectivity index is 2.51. The second-order valence-corrected chi connectivity index (χ2v) is 5.67. The third-order valence-electron chi connectivity index (χ3n) is 4.20. The maximum Gasteiger partial charge on any atom is 0.243 e. The van der Waals surface area contributed by atoms with Gasteiger partial charge in [0.25, 0.3) is 0 Å². The first-order valence-corrected chi connectivity index (χ1v) is 6.54. The highest BCUT2D eigenvalue weighted by Gasteiger charge is 2.51. The zero-order valence-electron chi connectivity index (χ0n) is 10.2. The van der Waals surface area contributed by atoms with E-state index in [1.54, 1.807) is 0 Å². The minimum absolute atomic E-state index is 0.323. The number of amides is 1. The Morgan fingerprint density at radius 1 is 1.39 bits per heavy atom. The molecule has 0 bridgehead atoms. The standard InChI is InChI=1S/C13H15N3OS/c1-8-2-4-13(5-3-8)9(6-14)11(17)16-12(18)10(13)7-15/h8-9,18H,2-5H2,1H3,(H,16,17). The van der Waals surface area contributed by atoms with Gasteiger partial charge in [-0.15, -0.1) is 12.6 Å². The zero-order chi connectivity index (χ0) is 13.3. The molecule has 1 aliphatic carbocycles. The summed E-state index contributed by atoms with van der Waals surface area (Å²) in [6.07, 6.45) is 3.31. The average Bonchev–Trinajstić information content (AvgIpc) is 2.33. The molecule has 0 saturated heterocycles. The second-order valence-electron chi connectivity index (χ2n) is 5.23. The number of nitriles is 2. The highest BCUT2D eigenvalue weighted by atomic mass is 32.1. The molecule has 1 spiro atoms. The van der Waals surface area contributed by atoms with Crippen LogP contribution in [0.25, 0.3) is 0 Å². The molecular formula is C13H15N3OS.